The number of para-hydroxylation sites is 2. The van der Waals surface area contributed by atoms with Crippen LogP contribution in [0.25, 0.3) is 12.2 Å². The molecule has 5 atom stereocenters. The van der Waals surface area contributed by atoms with Crippen molar-refractivity contribution in [2.24, 2.45) is 0 Å². The molecule has 0 saturated carbocycles. The molecular formula is C29H37N3O6. The summed E-state index contributed by atoms with van der Waals surface area (Å²) in [7, 11) is 0. The monoisotopic (exact) mass is 523 g/mol. The van der Waals surface area contributed by atoms with E-state index in [1.165, 1.54) is 22.5 Å². The second kappa shape index (κ2) is 12.4. The van der Waals surface area contributed by atoms with E-state index in [0.717, 1.165) is 32.7 Å². The number of hydrogen-bond donors (Lipinski definition) is 4. The quantitative estimate of drug-likeness (QED) is 0.407. The first kappa shape index (κ1) is 26.8. The van der Waals surface area contributed by atoms with Gasteiger partial charge in [-0.1, -0.05) is 48.6 Å². The lowest BCUT2D eigenvalue weighted by atomic mass is 9.99. The zero-order chi connectivity index (χ0) is 26.5. The number of aliphatic hydroxyl groups is 4. The Labute approximate surface area is 223 Å². The Morgan fingerprint density at radius 3 is 2.11 bits per heavy atom. The number of anilines is 2. The van der Waals surface area contributed by atoms with Gasteiger partial charge in [-0.3, -0.25) is 4.90 Å². The van der Waals surface area contributed by atoms with Gasteiger partial charge in [-0.2, -0.15) is 0 Å². The van der Waals surface area contributed by atoms with Crippen LogP contribution in [0.5, 0.6) is 0 Å². The van der Waals surface area contributed by atoms with Crippen molar-refractivity contribution in [3.05, 3.63) is 71.9 Å². The molecule has 204 valence electrons. The van der Waals surface area contributed by atoms with E-state index >= 15 is 0 Å². The maximum absolute atomic E-state index is 10.1. The fourth-order valence-electron chi connectivity index (χ4n) is 5.20. The van der Waals surface area contributed by atoms with Gasteiger partial charge in [0, 0.05) is 50.6 Å². The molecule has 0 radical (unpaired) electrons. The number of hydrogen-bond acceptors (Lipinski definition) is 9. The molecule has 5 rings (SSSR count). The third-order valence-electron chi connectivity index (χ3n) is 7.45. The highest BCUT2D eigenvalue weighted by atomic mass is 16.7. The van der Waals surface area contributed by atoms with Crippen LogP contribution in [0.4, 0.5) is 11.4 Å². The van der Waals surface area contributed by atoms with Crippen LogP contribution in [0, 0.1) is 0 Å². The highest BCUT2D eigenvalue weighted by molar-refractivity contribution is 5.88. The average molecular weight is 524 g/mol. The SMILES string of the molecule is OC[C@H]1O[C@@H](OCCN2CCN(/C=C/CN3c4ccccc4C=Cc4ccccc43)CC2)[C@H](O)[C@@H](O)[C@@H]1O. The molecule has 2 fully saturated rings. The van der Waals surface area contributed by atoms with Crippen LogP contribution in [-0.4, -0.2) is 113 Å². The Balaban J connectivity index is 1.10. The Hall–Kier alpha value is -2.76. The number of fused-ring (bicyclic) bond motifs is 2. The molecule has 38 heavy (non-hydrogen) atoms. The van der Waals surface area contributed by atoms with E-state index in [0.29, 0.717) is 13.2 Å². The fourth-order valence-corrected chi connectivity index (χ4v) is 5.20. The smallest absolute Gasteiger partial charge is 0.186 e. The highest BCUT2D eigenvalue weighted by Crippen LogP contribution is 2.35. The molecule has 2 aromatic rings. The maximum atomic E-state index is 10.1. The number of ether oxygens (including phenoxy) is 2. The minimum absolute atomic E-state index is 0.306. The van der Waals surface area contributed by atoms with E-state index in [1.807, 2.05) is 0 Å². The highest BCUT2D eigenvalue weighted by Gasteiger charge is 2.44. The second-order valence-corrected chi connectivity index (χ2v) is 9.89. The molecule has 9 nitrogen and oxygen atoms in total. The summed E-state index contributed by atoms with van der Waals surface area (Å²) in [6.45, 7) is 4.80. The predicted octanol–water partition coefficient (Wildman–Crippen LogP) is 1.26. The molecule has 0 bridgehead atoms. The summed E-state index contributed by atoms with van der Waals surface area (Å²) in [6.07, 6.45) is 2.55. The molecule has 3 heterocycles. The molecule has 4 N–H and O–H groups in total. The summed E-state index contributed by atoms with van der Waals surface area (Å²) in [4.78, 5) is 6.96. The van der Waals surface area contributed by atoms with Crippen LogP contribution in [0.3, 0.4) is 0 Å². The third kappa shape index (κ3) is 5.94. The van der Waals surface area contributed by atoms with E-state index < -0.39 is 37.3 Å². The zero-order valence-electron chi connectivity index (χ0n) is 21.4. The Kier molecular flexibility index (Phi) is 8.75. The first-order valence-corrected chi connectivity index (χ1v) is 13.2. The molecule has 2 aromatic carbocycles. The molecular weight excluding hydrogens is 486 g/mol. The third-order valence-corrected chi connectivity index (χ3v) is 7.45. The van der Waals surface area contributed by atoms with Crippen LogP contribution in [0.1, 0.15) is 11.1 Å². The Morgan fingerprint density at radius 1 is 0.842 bits per heavy atom. The Bertz CT molecular complexity index is 1070. The minimum atomic E-state index is -1.42. The van der Waals surface area contributed by atoms with Crippen molar-refractivity contribution in [1.29, 1.82) is 0 Å². The summed E-state index contributed by atoms with van der Waals surface area (Å²) < 4.78 is 11.0. The van der Waals surface area contributed by atoms with Gasteiger partial charge in [0.15, 0.2) is 6.29 Å². The number of aliphatic hydroxyl groups excluding tert-OH is 4. The molecule has 0 unspecified atom stereocenters. The normalized spacial score (nSPS) is 27.8. The van der Waals surface area contributed by atoms with Gasteiger partial charge >= 0.3 is 0 Å². The predicted molar refractivity (Wildman–Crippen MR) is 146 cm³/mol. The van der Waals surface area contributed by atoms with E-state index in [2.05, 4.69) is 87.7 Å². The van der Waals surface area contributed by atoms with E-state index in [4.69, 9.17) is 9.47 Å². The molecule has 0 spiro atoms. The van der Waals surface area contributed by atoms with Gasteiger partial charge in [-0.15, -0.1) is 0 Å². The Morgan fingerprint density at radius 2 is 1.47 bits per heavy atom. The number of nitrogens with zero attached hydrogens (tertiary/aromatic N) is 3. The lowest BCUT2D eigenvalue weighted by Crippen LogP contribution is -2.59. The maximum Gasteiger partial charge on any atom is 0.186 e. The number of rotatable bonds is 8. The number of piperazine rings is 1. The average Bonchev–Trinajstić information content (AvgIpc) is 3.11. The molecule has 3 aliphatic heterocycles. The fraction of sp³-hybridized carbons (Fsp3) is 0.448. The van der Waals surface area contributed by atoms with Crippen molar-refractivity contribution in [1.82, 2.24) is 9.80 Å². The van der Waals surface area contributed by atoms with Crippen molar-refractivity contribution >= 4 is 23.5 Å². The van der Waals surface area contributed by atoms with Crippen LogP contribution >= 0.6 is 0 Å². The lowest BCUT2D eigenvalue weighted by Gasteiger charge is -2.40. The van der Waals surface area contributed by atoms with Crippen molar-refractivity contribution in [2.75, 3.05) is 57.4 Å². The van der Waals surface area contributed by atoms with E-state index in [1.54, 1.807) is 0 Å². The van der Waals surface area contributed by atoms with Crippen molar-refractivity contribution in [3.8, 4) is 0 Å². The van der Waals surface area contributed by atoms with Gasteiger partial charge < -0.3 is 39.7 Å². The minimum Gasteiger partial charge on any atom is -0.394 e. The van der Waals surface area contributed by atoms with Gasteiger partial charge in [0.2, 0.25) is 0 Å². The van der Waals surface area contributed by atoms with Crippen LogP contribution < -0.4 is 4.90 Å². The molecule has 3 aliphatic rings. The second-order valence-electron chi connectivity index (χ2n) is 9.89. The summed E-state index contributed by atoms with van der Waals surface area (Å²) in [5.41, 5.74) is 4.80. The van der Waals surface area contributed by atoms with Crippen LogP contribution in [0.2, 0.25) is 0 Å². The van der Waals surface area contributed by atoms with Gasteiger partial charge in [-0.05, 0) is 35.5 Å². The first-order chi connectivity index (χ1) is 18.5. The largest absolute Gasteiger partial charge is 0.394 e. The van der Waals surface area contributed by atoms with Gasteiger partial charge in [0.1, 0.15) is 24.4 Å². The topological polar surface area (TPSA) is 109 Å². The van der Waals surface area contributed by atoms with Crippen molar-refractivity contribution in [3.63, 3.8) is 0 Å². The summed E-state index contributed by atoms with van der Waals surface area (Å²) in [6, 6.07) is 16.9. The summed E-state index contributed by atoms with van der Waals surface area (Å²) in [5.74, 6) is 0. The van der Waals surface area contributed by atoms with Gasteiger partial charge in [0.05, 0.1) is 13.2 Å². The molecule has 0 aliphatic carbocycles. The lowest BCUT2D eigenvalue weighted by molar-refractivity contribution is -0.301. The van der Waals surface area contributed by atoms with Gasteiger partial charge in [0.25, 0.3) is 0 Å². The van der Waals surface area contributed by atoms with E-state index in [-0.39, 0.29) is 0 Å². The van der Waals surface area contributed by atoms with Crippen LogP contribution in [0.15, 0.2) is 60.8 Å². The van der Waals surface area contributed by atoms with E-state index in [9.17, 15) is 20.4 Å². The van der Waals surface area contributed by atoms with Crippen molar-refractivity contribution < 1.29 is 29.9 Å². The summed E-state index contributed by atoms with van der Waals surface area (Å²) >= 11 is 0. The molecule has 9 heteroatoms. The molecule has 0 aromatic heterocycles. The number of benzene rings is 2. The van der Waals surface area contributed by atoms with Gasteiger partial charge in [-0.25, -0.2) is 0 Å². The molecule has 0 amide bonds. The summed E-state index contributed by atoms with van der Waals surface area (Å²) in [5, 5.41) is 39.2. The van der Waals surface area contributed by atoms with Crippen LogP contribution in [-0.2, 0) is 9.47 Å². The standard InChI is InChI=1S/C29H37N3O6/c33-20-25-26(34)27(35)28(36)29(38-25)37-19-18-31-16-14-30(15-17-31)12-5-13-32-23-8-3-1-6-21(23)10-11-22-7-2-4-9-24(22)32/h1-12,25-29,33-36H,13-20H2/b12-5+/t25-,26-,27+,28-,29-/m1/s1. The zero-order valence-corrected chi connectivity index (χ0v) is 21.4. The first-order valence-electron chi connectivity index (χ1n) is 13.2. The van der Waals surface area contributed by atoms with Crippen molar-refractivity contribution in [2.45, 2.75) is 30.7 Å². The molecule has 2 saturated heterocycles.